The Kier molecular flexibility index (Phi) is 8.03. The SMILES string of the molecule is COCCN1CCn2cc(Br)c(=O)c(O)c2C1=O.c1ccc(Cc2ccccc2)cc1. The van der Waals surface area contributed by atoms with E-state index < -0.39 is 11.2 Å². The number of pyridine rings is 1. The second kappa shape index (κ2) is 10.9. The van der Waals surface area contributed by atoms with Crippen LogP contribution >= 0.6 is 15.9 Å². The fraction of sp³-hybridized carbons (Fsp3) is 0.250. The molecule has 1 aromatic heterocycles. The minimum atomic E-state index is -0.566. The van der Waals surface area contributed by atoms with Crippen molar-refractivity contribution in [3.8, 4) is 5.75 Å². The first-order chi connectivity index (χ1) is 15.0. The van der Waals surface area contributed by atoms with E-state index in [1.807, 2.05) is 0 Å². The van der Waals surface area contributed by atoms with Crippen molar-refractivity contribution in [1.29, 1.82) is 0 Å². The monoisotopic (exact) mass is 484 g/mol. The third-order valence-corrected chi connectivity index (χ3v) is 5.54. The van der Waals surface area contributed by atoms with Gasteiger partial charge in [0.25, 0.3) is 5.91 Å². The fourth-order valence-electron chi connectivity index (χ4n) is 3.34. The first-order valence-corrected chi connectivity index (χ1v) is 10.8. The van der Waals surface area contributed by atoms with Gasteiger partial charge in [0.15, 0.2) is 11.4 Å². The van der Waals surface area contributed by atoms with Crippen molar-refractivity contribution in [2.75, 3.05) is 26.8 Å². The van der Waals surface area contributed by atoms with Gasteiger partial charge in [0, 0.05) is 32.9 Å². The predicted octanol–water partition coefficient (Wildman–Crippen LogP) is 3.70. The molecule has 1 aliphatic heterocycles. The van der Waals surface area contributed by atoms with Crippen molar-refractivity contribution >= 4 is 21.8 Å². The van der Waals surface area contributed by atoms with E-state index in [2.05, 4.69) is 76.6 Å². The summed E-state index contributed by atoms with van der Waals surface area (Å²) in [5, 5.41) is 9.80. The third-order valence-electron chi connectivity index (χ3n) is 4.97. The minimum absolute atomic E-state index is 0.0468. The molecule has 0 unspecified atom stereocenters. The van der Waals surface area contributed by atoms with Crippen LogP contribution in [0.1, 0.15) is 21.6 Å². The zero-order valence-corrected chi connectivity index (χ0v) is 18.9. The third kappa shape index (κ3) is 5.83. The van der Waals surface area contributed by atoms with Gasteiger partial charge < -0.3 is 19.3 Å². The quantitative estimate of drug-likeness (QED) is 0.599. The molecule has 1 amide bonds. The second-order valence-corrected chi connectivity index (χ2v) is 7.98. The number of nitrogens with zero attached hydrogens (tertiary/aromatic N) is 2. The number of aromatic hydroxyl groups is 1. The summed E-state index contributed by atoms with van der Waals surface area (Å²) in [7, 11) is 1.56. The Morgan fingerprint density at radius 1 is 0.968 bits per heavy atom. The second-order valence-electron chi connectivity index (χ2n) is 7.13. The Morgan fingerprint density at radius 2 is 1.55 bits per heavy atom. The Labute approximate surface area is 189 Å². The number of ether oxygens (including phenoxy) is 1. The van der Waals surface area contributed by atoms with Crippen molar-refractivity contribution in [3.63, 3.8) is 0 Å². The summed E-state index contributed by atoms with van der Waals surface area (Å²) in [4.78, 5) is 25.3. The standard InChI is InChI=1S/C13H12.C11H13BrN2O4/c1-3-7-12(8-4-1)11-13-9-5-2-6-10-13;1-18-5-4-13-2-3-14-6-7(12)9(15)10(16)8(14)11(13)17/h1-10H,11H2;6,16H,2-5H2,1H3. The van der Waals surface area contributed by atoms with E-state index in [-0.39, 0.29) is 16.1 Å². The highest BCUT2D eigenvalue weighted by atomic mass is 79.9. The lowest BCUT2D eigenvalue weighted by Gasteiger charge is -2.30. The lowest BCUT2D eigenvalue weighted by Crippen LogP contribution is -2.43. The molecule has 0 fully saturated rings. The molecule has 2 aromatic carbocycles. The molecule has 0 bridgehead atoms. The van der Waals surface area contributed by atoms with Gasteiger partial charge in [-0.3, -0.25) is 9.59 Å². The molecule has 4 rings (SSSR count). The van der Waals surface area contributed by atoms with Crippen LogP contribution in [0.25, 0.3) is 0 Å². The first-order valence-electron chi connectivity index (χ1n) is 9.99. The number of aromatic nitrogens is 1. The van der Waals surface area contributed by atoms with Crippen molar-refractivity contribution in [3.05, 3.63) is 98.4 Å². The fourth-order valence-corrected chi connectivity index (χ4v) is 3.77. The molecular weight excluding hydrogens is 460 g/mol. The van der Waals surface area contributed by atoms with Crippen LogP contribution in [-0.2, 0) is 17.7 Å². The van der Waals surface area contributed by atoms with Gasteiger partial charge in [-0.25, -0.2) is 0 Å². The number of methoxy groups -OCH3 is 1. The number of rotatable bonds is 5. The molecule has 31 heavy (non-hydrogen) atoms. The van der Waals surface area contributed by atoms with Gasteiger partial charge in [-0.15, -0.1) is 0 Å². The Hall–Kier alpha value is -2.90. The van der Waals surface area contributed by atoms with Gasteiger partial charge in [0.2, 0.25) is 5.43 Å². The van der Waals surface area contributed by atoms with E-state index in [0.717, 1.165) is 6.42 Å². The Morgan fingerprint density at radius 3 is 2.10 bits per heavy atom. The average Bonchev–Trinajstić information content (AvgIpc) is 2.79. The summed E-state index contributed by atoms with van der Waals surface area (Å²) in [5.74, 6) is -0.850. The summed E-state index contributed by atoms with van der Waals surface area (Å²) < 4.78 is 6.76. The summed E-state index contributed by atoms with van der Waals surface area (Å²) in [6.45, 7) is 1.94. The number of hydrogen-bond donors (Lipinski definition) is 1. The molecule has 0 radical (unpaired) electrons. The van der Waals surface area contributed by atoms with Gasteiger partial charge in [-0.1, -0.05) is 60.7 Å². The summed E-state index contributed by atoms with van der Waals surface area (Å²) >= 11 is 3.06. The smallest absolute Gasteiger partial charge is 0.274 e. The van der Waals surface area contributed by atoms with Gasteiger partial charge >= 0.3 is 0 Å². The maximum absolute atomic E-state index is 12.1. The Bertz CT molecular complexity index is 1030. The van der Waals surface area contributed by atoms with E-state index >= 15 is 0 Å². The van der Waals surface area contributed by atoms with E-state index in [0.29, 0.717) is 26.2 Å². The molecule has 1 aliphatic rings. The number of amides is 1. The van der Waals surface area contributed by atoms with E-state index in [4.69, 9.17) is 4.74 Å². The van der Waals surface area contributed by atoms with Gasteiger partial charge in [-0.2, -0.15) is 0 Å². The number of fused-ring (bicyclic) bond motifs is 1. The topological polar surface area (TPSA) is 71.8 Å². The van der Waals surface area contributed by atoms with Crippen LogP contribution in [-0.4, -0.2) is 47.3 Å². The summed E-state index contributed by atoms with van der Waals surface area (Å²) in [5.41, 5.74) is 2.22. The molecular formula is C24H25BrN2O4. The number of hydrogen-bond acceptors (Lipinski definition) is 4. The van der Waals surface area contributed by atoms with Crippen LogP contribution in [0.15, 0.2) is 76.1 Å². The van der Waals surface area contributed by atoms with Crippen LogP contribution in [0.3, 0.4) is 0 Å². The maximum atomic E-state index is 12.1. The average molecular weight is 485 g/mol. The van der Waals surface area contributed by atoms with Gasteiger partial charge in [0.05, 0.1) is 11.1 Å². The highest BCUT2D eigenvalue weighted by Crippen LogP contribution is 2.21. The zero-order valence-electron chi connectivity index (χ0n) is 17.3. The molecule has 1 N–H and O–H groups in total. The lowest BCUT2D eigenvalue weighted by atomic mass is 10.1. The van der Waals surface area contributed by atoms with Crippen LogP contribution < -0.4 is 5.43 Å². The highest BCUT2D eigenvalue weighted by molar-refractivity contribution is 9.10. The van der Waals surface area contributed by atoms with E-state index in [9.17, 15) is 14.7 Å². The molecule has 6 nitrogen and oxygen atoms in total. The van der Waals surface area contributed by atoms with Crippen molar-refractivity contribution in [1.82, 2.24) is 9.47 Å². The zero-order chi connectivity index (χ0) is 22.2. The minimum Gasteiger partial charge on any atom is -0.503 e. The normalized spacial score (nSPS) is 12.7. The van der Waals surface area contributed by atoms with Crippen LogP contribution in [0.5, 0.6) is 5.75 Å². The molecule has 0 saturated heterocycles. The van der Waals surface area contributed by atoms with Crippen molar-refractivity contribution < 1.29 is 14.6 Å². The molecule has 0 spiro atoms. The van der Waals surface area contributed by atoms with Crippen LogP contribution in [0.4, 0.5) is 0 Å². The number of carbonyl (C=O) groups is 1. The summed E-state index contributed by atoms with van der Waals surface area (Å²) in [6, 6.07) is 21.1. The van der Waals surface area contributed by atoms with E-state index in [1.54, 1.807) is 16.6 Å². The largest absolute Gasteiger partial charge is 0.503 e. The maximum Gasteiger partial charge on any atom is 0.274 e. The molecule has 2 heterocycles. The predicted molar refractivity (Wildman–Crippen MR) is 124 cm³/mol. The molecule has 0 aliphatic carbocycles. The van der Waals surface area contributed by atoms with Gasteiger partial charge in [-0.05, 0) is 33.5 Å². The van der Waals surface area contributed by atoms with Crippen LogP contribution in [0, 0.1) is 0 Å². The molecule has 0 atom stereocenters. The lowest BCUT2D eigenvalue weighted by molar-refractivity contribution is 0.0633. The number of benzene rings is 2. The van der Waals surface area contributed by atoms with Gasteiger partial charge in [0.1, 0.15) is 0 Å². The number of halogens is 1. The number of carbonyl (C=O) groups excluding carboxylic acids is 1. The van der Waals surface area contributed by atoms with Crippen LogP contribution in [0.2, 0.25) is 0 Å². The molecule has 7 heteroatoms. The molecule has 3 aromatic rings. The van der Waals surface area contributed by atoms with E-state index in [1.165, 1.54) is 17.3 Å². The van der Waals surface area contributed by atoms with Crippen molar-refractivity contribution in [2.24, 2.45) is 0 Å². The Balaban J connectivity index is 0.000000185. The summed E-state index contributed by atoms with van der Waals surface area (Å²) in [6.07, 6.45) is 2.56. The highest BCUT2D eigenvalue weighted by Gasteiger charge is 2.28. The molecule has 162 valence electrons. The van der Waals surface area contributed by atoms with Crippen molar-refractivity contribution in [2.45, 2.75) is 13.0 Å². The molecule has 0 saturated carbocycles. The first kappa shape index (κ1) is 22.8.